The second-order valence-corrected chi connectivity index (χ2v) is 4.57. The molecule has 6 nitrogen and oxygen atoms in total. The number of hydrogen-bond acceptors (Lipinski definition) is 4. The molecule has 0 bridgehead atoms. The highest BCUT2D eigenvalue weighted by Gasteiger charge is 2.06. The van der Waals surface area contributed by atoms with E-state index in [1.54, 1.807) is 38.3 Å². The number of phenols is 1. The zero-order valence-electron chi connectivity index (χ0n) is 12.4. The average Bonchev–Trinajstić information content (AvgIpc) is 2.50. The van der Waals surface area contributed by atoms with Crippen LogP contribution in [0.3, 0.4) is 0 Å². The molecular weight excluding hydrogens is 284 g/mol. The highest BCUT2D eigenvalue weighted by atomic mass is 16.5. The smallest absolute Gasteiger partial charge is 0.321 e. The van der Waals surface area contributed by atoms with Gasteiger partial charge in [-0.25, -0.2) is 4.79 Å². The molecule has 0 aliphatic rings. The largest absolute Gasteiger partial charge is 0.508 e. The normalized spacial score (nSPS) is 9.91. The van der Waals surface area contributed by atoms with Crippen molar-refractivity contribution in [2.75, 3.05) is 19.2 Å². The fourth-order valence-electron chi connectivity index (χ4n) is 1.87. The highest BCUT2D eigenvalue weighted by Crippen LogP contribution is 2.25. The lowest BCUT2D eigenvalue weighted by Crippen LogP contribution is -2.32. The Hall–Kier alpha value is -2.89. The van der Waals surface area contributed by atoms with Gasteiger partial charge in [0.25, 0.3) is 0 Å². The van der Waals surface area contributed by atoms with E-state index < -0.39 is 6.03 Å². The van der Waals surface area contributed by atoms with Crippen molar-refractivity contribution >= 4 is 11.7 Å². The first-order chi connectivity index (χ1) is 10.6. The van der Waals surface area contributed by atoms with Crippen molar-refractivity contribution in [3.63, 3.8) is 0 Å². The first-order valence-electron chi connectivity index (χ1n) is 6.70. The number of carbonyl (C=O) groups is 1. The monoisotopic (exact) mass is 302 g/mol. The van der Waals surface area contributed by atoms with Crippen LogP contribution in [-0.2, 0) is 0 Å². The molecule has 0 saturated heterocycles. The van der Waals surface area contributed by atoms with Crippen molar-refractivity contribution in [3.05, 3.63) is 48.0 Å². The molecule has 2 aromatic rings. The van der Waals surface area contributed by atoms with Crippen molar-refractivity contribution in [3.8, 4) is 17.2 Å². The molecule has 0 radical (unpaired) electrons. The van der Waals surface area contributed by atoms with Gasteiger partial charge in [-0.3, -0.25) is 0 Å². The number of hydrogen-bond donors (Lipinski definition) is 3. The van der Waals surface area contributed by atoms with Crippen molar-refractivity contribution in [2.45, 2.75) is 6.92 Å². The average molecular weight is 302 g/mol. The molecule has 116 valence electrons. The van der Waals surface area contributed by atoms with Gasteiger partial charge in [0.2, 0.25) is 0 Å². The summed E-state index contributed by atoms with van der Waals surface area (Å²) in [5.41, 5.74) is 1.38. The molecule has 0 aliphatic carbocycles. The van der Waals surface area contributed by atoms with E-state index in [4.69, 9.17) is 9.47 Å². The second-order valence-electron chi connectivity index (χ2n) is 4.57. The van der Waals surface area contributed by atoms with Crippen molar-refractivity contribution in [1.29, 1.82) is 0 Å². The van der Waals surface area contributed by atoms with Gasteiger partial charge in [-0.1, -0.05) is 12.1 Å². The van der Waals surface area contributed by atoms with Crippen LogP contribution in [0.15, 0.2) is 42.5 Å². The third kappa shape index (κ3) is 4.05. The molecule has 0 atom stereocenters. The van der Waals surface area contributed by atoms with Crippen LogP contribution in [0.5, 0.6) is 17.2 Å². The van der Waals surface area contributed by atoms with Crippen LogP contribution in [0, 0.1) is 6.92 Å². The molecule has 22 heavy (non-hydrogen) atoms. The summed E-state index contributed by atoms with van der Waals surface area (Å²) in [6.45, 7) is 1.80. The Kier molecular flexibility index (Phi) is 5.08. The van der Waals surface area contributed by atoms with Gasteiger partial charge in [0.1, 0.15) is 5.75 Å². The number of amides is 2. The summed E-state index contributed by atoms with van der Waals surface area (Å²) in [4.78, 5) is 11.8. The maximum Gasteiger partial charge on any atom is 0.321 e. The number of rotatable bonds is 5. The number of aromatic hydroxyl groups is 1. The number of benzene rings is 2. The second kappa shape index (κ2) is 7.21. The quantitative estimate of drug-likeness (QED) is 0.586. The summed E-state index contributed by atoms with van der Waals surface area (Å²) in [6, 6.07) is 11.5. The van der Waals surface area contributed by atoms with Gasteiger partial charge in [0, 0.05) is 5.69 Å². The standard InChI is InChI=1S/C16H18N2O4/c1-11-9-12(19)7-8-13(11)18-16(20)17-10-22-15-6-4-3-5-14(15)21-2/h3-9,19H,10H2,1-2H3,(H2,17,18,20). The number of methoxy groups -OCH3 is 1. The van der Waals surface area contributed by atoms with E-state index in [1.165, 1.54) is 6.07 Å². The Morgan fingerprint density at radius 3 is 2.59 bits per heavy atom. The molecule has 0 spiro atoms. The van der Waals surface area contributed by atoms with E-state index in [0.29, 0.717) is 17.2 Å². The number of urea groups is 1. The number of carbonyl (C=O) groups excluding carboxylic acids is 1. The number of ether oxygens (including phenoxy) is 2. The lowest BCUT2D eigenvalue weighted by Gasteiger charge is -2.12. The van der Waals surface area contributed by atoms with Gasteiger partial charge in [-0.05, 0) is 42.8 Å². The molecule has 0 unspecified atom stereocenters. The molecule has 0 saturated carbocycles. The van der Waals surface area contributed by atoms with Crippen molar-refractivity contribution in [2.24, 2.45) is 0 Å². The number of nitrogens with one attached hydrogen (secondary N) is 2. The van der Waals surface area contributed by atoms with Crippen LogP contribution < -0.4 is 20.1 Å². The summed E-state index contributed by atoms with van der Waals surface area (Å²) >= 11 is 0. The Bertz CT molecular complexity index is 658. The van der Waals surface area contributed by atoms with E-state index in [0.717, 1.165) is 5.56 Å². The van der Waals surface area contributed by atoms with Gasteiger partial charge >= 0.3 is 6.03 Å². The van der Waals surface area contributed by atoms with Crippen LogP contribution in [0.2, 0.25) is 0 Å². The summed E-state index contributed by atoms with van der Waals surface area (Å²) in [7, 11) is 1.55. The fraction of sp³-hybridized carbons (Fsp3) is 0.188. The predicted molar refractivity (Wildman–Crippen MR) is 83.5 cm³/mol. The van der Waals surface area contributed by atoms with Crippen LogP contribution in [0.25, 0.3) is 0 Å². The third-order valence-corrected chi connectivity index (χ3v) is 2.99. The molecule has 0 heterocycles. The first kappa shape index (κ1) is 15.5. The van der Waals surface area contributed by atoms with E-state index in [9.17, 15) is 9.90 Å². The molecule has 3 N–H and O–H groups in total. The lowest BCUT2D eigenvalue weighted by atomic mass is 10.2. The van der Waals surface area contributed by atoms with E-state index in [1.807, 2.05) is 12.1 Å². The molecule has 2 rings (SSSR count). The molecule has 0 aromatic heterocycles. The SMILES string of the molecule is COc1ccccc1OCNC(=O)Nc1ccc(O)cc1C. The molecule has 2 amide bonds. The third-order valence-electron chi connectivity index (χ3n) is 2.99. The number of phenolic OH excluding ortho intramolecular Hbond substituents is 1. The lowest BCUT2D eigenvalue weighted by molar-refractivity contribution is 0.231. The van der Waals surface area contributed by atoms with Gasteiger partial charge in [0.15, 0.2) is 18.2 Å². The Morgan fingerprint density at radius 2 is 1.91 bits per heavy atom. The van der Waals surface area contributed by atoms with E-state index in [2.05, 4.69) is 10.6 Å². The van der Waals surface area contributed by atoms with Crippen molar-refractivity contribution in [1.82, 2.24) is 5.32 Å². The maximum absolute atomic E-state index is 11.8. The highest BCUT2D eigenvalue weighted by molar-refractivity contribution is 5.90. The van der Waals surface area contributed by atoms with Crippen LogP contribution >= 0.6 is 0 Å². The molecule has 2 aromatic carbocycles. The van der Waals surface area contributed by atoms with Crippen LogP contribution in [0.1, 0.15) is 5.56 Å². The maximum atomic E-state index is 11.8. The summed E-state index contributed by atoms with van der Waals surface area (Å²) < 4.78 is 10.6. The summed E-state index contributed by atoms with van der Waals surface area (Å²) in [5.74, 6) is 1.30. The van der Waals surface area contributed by atoms with Crippen LogP contribution in [-0.4, -0.2) is 25.0 Å². The van der Waals surface area contributed by atoms with Gasteiger partial charge < -0.3 is 25.2 Å². The summed E-state index contributed by atoms with van der Waals surface area (Å²) in [5, 5.41) is 14.6. The minimum Gasteiger partial charge on any atom is -0.508 e. The molecule has 6 heteroatoms. The topological polar surface area (TPSA) is 79.8 Å². The zero-order chi connectivity index (χ0) is 15.9. The van der Waals surface area contributed by atoms with E-state index >= 15 is 0 Å². The number of anilines is 1. The Labute approximate surface area is 128 Å². The minimum absolute atomic E-state index is 0.00331. The number of aryl methyl sites for hydroxylation is 1. The molecule has 0 aliphatic heterocycles. The minimum atomic E-state index is -0.399. The molecular formula is C16H18N2O4. The predicted octanol–water partition coefficient (Wildman–Crippen LogP) is 2.87. The van der Waals surface area contributed by atoms with Crippen molar-refractivity contribution < 1.29 is 19.4 Å². The van der Waals surface area contributed by atoms with Gasteiger partial charge in [-0.15, -0.1) is 0 Å². The van der Waals surface area contributed by atoms with Crippen LogP contribution in [0.4, 0.5) is 10.5 Å². The Balaban J connectivity index is 1.85. The zero-order valence-corrected chi connectivity index (χ0v) is 12.4. The fourth-order valence-corrected chi connectivity index (χ4v) is 1.87. The first-order valence-corrected chi connectivity index (χ1v) is 6.70. The summed E-state index contributed by atoms with van der Waals surface area (Å²) in [6.07, 6.45) is 0. The number of para-hydroxylation sites is 2. The molecule has 0 fully saturated rings. The Morgan fingerprint density at radius 1 is 1.18 bits per heavy atom. The van der Waals surface area contributed by atoms with E-state index in [-0.39, 0.29) is 12.5 Å². The van der Waals surface area contributed by atoms with Gasteiger partial charge in [0.05, 0.1) is 7.11 Å². The van der Waals surface area contributed by atoms with Gasteiger partial charge in [-0.2, -0.15) is 0 Å².